The molecule has 0 spiro atoms. The average Bonchev–Trinajstić information content (AvgIpc) is 1.98. The second-order valence-electron chi connectivity index (χ2n) is 3.88. The van der Waals surface area contributed by atoms with E-state index in [9.17, 15) is 13.2 Å². The molecule has 0 radical (unpaired) electrons. The Morgan fingerprint density at radius 3 is 2.47 bits per heavy atom. The molecule has 0 aromatic carbocycles. The van der Waals surface area contributed by atoms with Gasteiger partial charge in [-0.3, -0.25) is 4.79 Å². The number of carboxylic acids is 1. The molecule has 1 fully saturated rings. The minimum absolute atomic E-state index is 0.149. The van der Waals surface area contributed by atoms with Gasteiger partial charge in [-0.1, -0.05) is 6.08 Å². The van der Waals surface area contributed by atoms with Gasteiger partial charge < -0.3 is 5.11 Å². The molecule has 0 aliphatic heterocycles. The van der Waals surface area contributed by atoms with Crippen molar-refractivity contribution in [3.05, 3.63) is 12.7 Å². The summed E-state index contributed by atoms with van der Waals surface area (Å²) in [6.07, 6.45) is 3.19. The molecule has 5 nitrogen and oxygen atoms in total. The van der Waals surface area contributed by atoms with E-state index in [-0.39, 0.29) is 12.2 Å². The summed E-state index contributed by atoms with van der Waals surface area (Å²) in [5.41, 5.74) is -0.756. The largest absolute Gasteiger partial charge is 0.481 e. The summed E-state index contributed by atoms with van der Waals surface area (Å²) < 4.78 is 25.3. The Labute approximate surface area is 89.2 Å². The van der Waals surface area contributed by atoms with Gasteiger partial charge in [0.1, 0.15) is 0 Å². The molecule has 1 rings (SSSR count). The lowest BCUT2D eigenvalue weighted by molar-refractivity contribution is -0.139. The summed E-state index contributed by atoms with van der Waals surface area (Å²) in [5.74, 6) is -1.15. The van der Waals surface area contributed by atoms with Crippen molar-refractivity contribution in [1.82, 2.24) is 4.72 Å². The molecular weight excluding hydrogens is 218 g/mol. The zero-order chi connectivity index (χ0) is 11.5. The highest BCUT2D eigenvalue weighted by molar-refractivity contribution is 7.89. The van der Waals surface area contributed by atoms with Crippen LogP contribution in [0, 0.1) is 0 Å². The van der Waals surface area contributed by atoms with Gasteiger partial charge in [0.2, 0.25) is 10.0 Å². The van der Waals surface area contributed by atoms with Crippen molar-refractivity contribution in [2.24, 2.45) is 0 Å². The SMILES string of the molecule is C=CCS(=O)(=O)NC1(CC(=O)O)CCC1. The highest BCUT2D eigenvalue weighted by atomic mass is 32.2. The summed E-state index contributed by atoms with van der Waals surface area (Å²) >= 11 is 0. The molecule has 0 bridgehead atoms. The Morgan fingerprint density at radius 1 is 1.53 bits per heavy atom. The van der Waals surface area contributed by atoms with E-state index in [4.69, 9.17) is 5.11 Å². The number of hydrogen-bond donors (Lipinski definition) is 2. The van der Waals surface area contributed by atoms with Crippen molar-refractivity contribution in [2.75, 3.05) is 5.75 Å². The maximum atomic E-state index is 11.4. The molecule has 0 aromatic heterocycles. The molecule has 0 saturated heterocycles. The van der Waals surface area contributed by atoms with Gasteiger partial charge in [-0.25, -0.2) is 13.1 Å². The highest BCUT2D eigenvalue weighted by Crippen LogP contribution is 2.35. The van der Waals surface area contributed by atoms with Crippen molar-refractivity contribution < 1.29 is 18.3 Å². The second kappa shape index (κ2) is 4.32. The number of rotatable bonds is 6. The fourth-order valence-electron chi connectivity index (χ4n) is 1.73. The molecule has 1 aliphatic rings. The number of carbonyl (C=O) groups is 1. The molecule has 2 N–H and O–H groups in total. The molecule has 0 amide bonds. The summed E-state index contributed by atoms with van der Waals surface area (Å²) in [6, 6.07) is 0. The van der Waals surface area contributed by atoms with Crippen LogP contribution in [-0.2, 0) is 14.8 Å². The lowest BCUT2D eigenvalue weighted by Gasteiger charge is -2.40. The predicted molar refractivity (Wildman–Crippen MR) is 56.0 cm³/mol. The highest BCUT2D eigenvalue weighted by Gasteiger charge is 2.41. The van der Waals surface area contributed by atoms with Crippen molar-refractivity contribution in [3.8, 4) is 0 Å². The molecule has 6 heteroatoms. The van der Waals surface area contributed by atoms with Crippen LogP contribution in [0.5, 0.6) is 0 Å². The quantitative estimate of drug-likeness (QED) is 0.654. The molecule has 1 aliphatic carbocycles. The van der Waals surface area contributed by atoms with Gasteiger partial charge in [0.25, 0.3) is 0 Å². The Hall–Kier alpha value is -0.880. The van der Waals surface area contributed by atoms with E-state index >= 15 is 0 Å². The van der Waals surface area contributed by atoms with Crippen LogP contribution in [0.4, 0.5) is 0 Å². The second-order valence-corrected chi connectivity index (χ2v) is 5.64. The van der Waals surface area contributed by atoms with E-state index in [1.807, 2.05) is 0 Å². The van der Waals surface area contributed by atoms with Crippen molar-refractivity contribution in [3.63, 3.8) is 0 Å². The van der Waals surface area contributed by atoms with Crippen LogP contribution < -0.4 is 4.72 Å². The predicted octanol–water partition coefficient (Wildman–Crippen LogP) is 0.489. The fraction of sp³-hybridized carbons (Fsp3) is 0.667. The van der Waals surface area contributed by atoms with Crippen LogP contribution >= 0.6 is 0 Å². The lowest BCUT2D eigenvalue weighted by atomic mass is 9.75. The molecule has 0 atom stereocenters. The van der Waals surface area contributed by atoms with Crippen LogP contribution in [0.15, 0.2) is 12.7 Å². The maximum absolute atomic E-state index is 11.4. The molecule has 86 valence electrons. The van der Waals surface area contributed by atoms with Gasteiger partial charge in [0.15, 0.2) is 0 Å². The Bertz CT molecular complexity index is 356. The zero-order valence-electron chi connectivity index (χ0n) is 8.40. The summed E-state index contributed by atoms with van der Waals surface area (Å²) in [4.78, 5) is 10.6. The molecule has 0 aromatic rings. The number of sulfonamides is 1. The van der Waals surface area contributed by atoms with E-state index in [0.717, 1.165) is 6.42 Å². The van der Waals surface area contributed by atoms with Crippen LogP contribution in [0.1, 0.15) is 25.7 Å². The molecule has 0 heterocycles. The number of aliphatic carboxylic acids is 1. The number of hydrogen-bond acceptors (Lipinski definition) is 3. The smallest absolute Gasteiger partial charge is 0.305 e. The maximum Gasteiger partial charge on any atom is 0.305 e. The third-order valence-corrected chi connectivity index (χ3v) is 3.93. The first-order chi connectivity index (χ1) is 6.89. The van der Waals surface area contributed by atoms with Crippen LogP contribution in [0.25, 0.3) is 0 Å². The summed E-state index contributed by atoms with van der Waals surface area (Å²) in [5, 5.41) is 8.69. The van der Waals surface area contributed by atoms with Gasteiger partial charge in [-0.05, 0) is 19.3 Å². The van der Waals surface area contributed by atoms with Crippen molar-refractivity contribution in [2.45, 2.75) is 31.2 Å². The molecule has 0 unspecified atom stereocenters. The Kier molecular flexibility index (Phi) is 3.51. The monoisotopic (exact) mass is 233 g/mol. The van der Waals surface area contributed by atoms with Crippen LogP contribution in [0.3, 0.4) is 0 Å². The minimum Gasteiger partial charge on any atom is -0.481 e. The summed E-state index contributed by atoms with van der Waals surface area (Å²) in [7, 11) is -3.43. The average molecular weight is 233 g/mol. The molecular formula is C9H15NO4S. The Morgan fingerprint density at radius 2 is 2.13 bits per heavy atom. The first kappa shape index (κ1) is 12.2. The lowest BCUT2D eigenvalue weighted by Crippen LogP contribution is -2.54. The third-order valence-electron chi connectivity index (χ3n) is 2.51. The Balaban J connectivity index is 2.68. The van der Waals surface area contributed by atoms with Crippen LogP contribution in [0.2, 0.25) is 0 Å². The van der Waals surface area contributed by atoms with E-state index in [1.54, 1.807) is 0 Å². The normalized spacial score (nSPS) is 19.2. The van der Waals surface area contributed by atoms with Crippen molar-refractivity contribution >= 4 is 16.0 Å². The van der Waals surface area contributed by atoms with Crippen molar-refractivity contribution in [1.29, 1.82) is 0 Å². The van der Waals surface area contributed by atoms with E-state index in [1.165, 1.54) is 6.08 Å². The van der Waals surface area contributed by atoms with E-state index in [0.29, 0.717) is 12.8 Å². The van der Waals surface area contributed by atoms with Gasteiger partial charge in [-0.15, -0.1) is 6.58 Å². The number of nitrogens with one attached hydrogen (secondary N) is 1. The first-order valence-corrected chi connectivity index (χ1v) is 6.39. The van der Waals surface area contributed by atoms with Gasteiger partial charge in [-0.2, -0.15) is 0 Å². The molecule has 1 saturated carbocycles. The van der Waals surface area contributed by atoms with Crippen LogP contribution in [-0.4, -0.2) is 30.8 Å². The van der Waals surface area contributed by atoms with E-state index in [2.05, 4.69) is 11.3 Å². The number of carboxylic acid groups (broad SMARTS) is 1. The first-order valence-electron chi connectivity index (χ1n) is 4.73. The minimum atomic E-state index is -3.43. The van der Waals surface area contributed by atoms with Gasteiger partial charge >= 0.3 is 5.97 Å². The standard InChI is InChI=1S/C9H15NO4S/c1-2-6-15(13,14)10-9(4-3-5-9)7-8(11)12/h2,10H,1,3-7H2,(H,11,12). The third kappa shape index (κ3) is 3.32. The van der Waals surface area contributed by atoms with Gasteiger partial charge in [0, 0.05) is 5.54 Å². The molecule has 15 heavy (non-hydrogen) atoms. The summed E-state index contributed by atoms with van der Waals surface area (Å²) in [6.45, 7) is 3.35. The van der Waals surface area contributed by atoms with Gasteiger partial charge in [0.05, 0.1) is 12.2 Å². The van der Waals surface area contributed by atoms with E-state index < -0.39 is 21.5 Å². The fourth-order valence-corrected chi connectivity index (χ4v) is 3.06. The zero-order valence-corrected chi connectivity index (χ0v) is 9.22. The topological polar surface area (TPSA) is 83.5 Å².